The van der Waals surface area contributed by atoms with Crippen molar-refractivity contribution in [1.29, 1.82) is 0 Å². The standard InChI is InChI=1S/C5H5N3O3/c6-7-3-4(9)8-1-2-11-5(8)10/h3H,1-2H2. The van der Waals surface area contributed by atoms with E-state index in [2.05, 4.69) is 9.53 Å². The number of hydrogen-bond donors (Lipinski definition) is 0. The molecule has 1 aliphatic heterocycles. The minimum Gasteiger partial charge on any atom is -0.447 e. The number of nitrogens with zero attached hydrogens (tertiary/aromatic N) is 3. The van der Waals surface area contributed by atoms with E-state index in [1.165, 1.54) is 0 Å². The second-order valence-electron chi connectivity index (χ2n) is 1.85. The fourth-order valence-corrected chi connectivity index (χ4v) is 0.713. The second kappa shape index (κ2) is 2.94. The van der Waals surface area contributed by atoms with Crippen LogP contribution < -0.4 is 0 Å². The van der Waals surface area contributed by atoms with Gasteiger partial charge in [-0.1, -0.05) is 0 Å². The lowest BCUT2D eigenvalue weighted by Gasteiger charge is -2.01. The zero-order chi connectivity index (χ0) is 8.27. The number of cyclic esters (lactones) is 1. The SMILES string of the molecule is [N-]=[N+]=CC(=O)N1CCOC1=O. The van der Waals surface area contributed by atoms with Crippen molar-refractivity contribution in [3.63, 3.8) is 0 Å². The summed E-state index contributed by atoms with van der Waals surface area (Å²) in [4.78, 5) is 24.7. The molecule has 1 aliphatic rings. The normalized spacial score (nSPS) is 15.6. The van der Waals surface area contributed by atoms with Crippen molar-refractivity contribution in [2.24, 2.45) is 0 Å². The molecule has 0 saturated carbocycles. The average molecular weight is 155 g/mol. The molecule has 2 amide bonds. The first kappa shape index (κ1) is 7.43. The van der Waals surface area contributed by atoms with Gasteiger partial charge >= 0.3 is 18.2 Å². The molecule has 0 atom stereocenters. The van der Waals surface area contributed by atoms with Crippen LogP contribution in [0.25, 0.3) is 5.53 Å². The van der Waals surface area contributed by atoms with E-state index in [1.54, 1.807) is 0 Å². The summed E-state index contributed by atoms with van der Waals surface area (Å²) < 4.78 is 4.46. The summed E-state index contributed by atoms with van der Waals surface area (Å²) in [5, 5.41) is 0. The molecule has 6 nitrogen and oxygen atoms in total. The lowest BCUT2D eigenvalue weighted by molar-refractivity contribution is -0.124. The topological polar surface area (TPSA) is 83.0 Å². The molecule has 0 radical (unpaired) electrons. The van der Waals surface area contributed by atoms with E-state index in [9.17, 15) is 9.59 Å². The minimum absolute atomic E-state index is 0.198. The van der Waals surface area contributed by atoms with Crippen molar-refractivity contribution < 1.29 is 19.1 Å². The van der Waals surface area contributed by atoms with E-state index in [4.69, 9.17) is 5.53 Å². The number of hydrogen-bond acceptors (Lipinski definition) is 3. The Morgan fingerprint density at radius 3 is 3.00 bits per heavy atom. The maximum Gasteiger partial charge on any atom is 0.417 e. The van der Waals surface area contributed by atoms with Crippen LogP contribution in [0.4, 0.5) is 4.79 Å². The maximum atomic E-state index is 10.8. The van der Waals surface area contributed by atoms with Gasteiger partial charge in [0.1, 0.15) is 6.61 Å². The third kappa shape index (κ3) is 1.42. The number of carbonyl (C=O) groups excluding carboxylic acids is 2. The average Bonchev–Trinajstić information content (AvgIpc) is 2.36. The molecule has 0 aromatic rings. The van der Waals surface area contributed by atoms with Gasteiger partial charge in [-0.05, 0) is 0 Å². The fourth-order valence-electron chi connectivity index (χ4n) is 0.713. The summed E-state index contributed by atoms with van der Waals surface area (Å²) in [6, 6.07) is 0. The van der Waals surface area contributed by atoms with Gasteiger partial charge in [-0.3, -0.25) is 4.79 Å². The Bertz CT molecular complexity index is 243. The minimum atomic E-state index is -0.699. The van der Waals surface area contributed by atoms with Crippen LogP contribution in [0.3, 0.4) is 0 Å². The van der Waals surface area contributed by atoms with Crippen molar-refractivity contribution >= 4 is 18.2 Å². The number of carbonyl (C=O) groups is 2. The van der Waals surface area contributed by atoms with Crippen molar-refractivity contribution in [1.82, 2.24) is 4.90 Å². The van der Waals surface area contributed by atoms with Gasteiger partial charge in [-0.2, -0.15) is 4.79 Å². The predicted molar refractivity (Wildman–Crippen MR) is 32.7 cm³/mol. The molecule has 0 N–H and O–H groups in total. The molecule has 0 spiro atoms. The molecule has 1 rings (SSSR count). The van der Waals surface area contributed by atoms with Gasteiger partial charge < -0.3 is 10.3 Å². The molecule has 58 valence electrons. The van der Waals surface area contributed by atoms with Crippen molar-refractivity contribution in [3.8, 4) is 0 Å². The predicted octanol–water partition coefficient (Wildman–Crippen LogP) is -0.734. The Hall–Kier alpha value is -1.68. The first-order chi connectivity index (χ1) is 5.25. The van der Waals surface area contributed by atoms with E-state index in [-0.39, 0.29) is 13.2 Å². The highest BCUT2D eigenvalue weighted by Crippen LogP contribution is 2.01. The van der Waals surface area contributed by atoms with Gasteiger partial charge in [0.05, 0.1) is 6.54 Å². The van der Waals surface area contributed by atoms with E-state index >= 15 is 0 Å². The Balaban J connectivity index is 2.67. The fraction of sp³-hybridized carbons (Fsp3) is 0.400. The van der Waals surface area contributed by atoms with Crippen LogP contribution in [0.5, 0.6) is 0 Å². The van der Waals surface area contributed by atoms with Crippen LogP contribution in [0.2, 0.25) is 0 Å². The number of amides is 2. The highest BCUT2D eigenvalue weighted by atomic mass is 16.6. The van der Waals surface area contributed by atoms with Crippen LogP contribution >= 0.6 is 0 Å². The molecule has 11 heavy (non-hydrogen) atoms. The lowest BCUT2D eigenvalue weighted by Crippen LogP contribution is -2.32. The van der Waals surface area contributed by atoms with Crippen LogP contribution in [-0.2, 0) is 9.53 Å². The maximum absolute atomic E-state index is 10.8. The molecule has 0 unspecified atom stereocenters. The van der Waals surface area contributed by atoms with Crippen molar-refractivity contribution in [2.75, 3.05) is 13.2 Å². The molecule has 0 aromatic carbocycles. The highest BCUT2D eigenvalue weighted by Gasteiger charge is 2.29. The van der Waals surface area contributed by atoms with Crippen LogP contribution in [0, 0.1) is 0 Å². The zero-order valence-electron chi connectivity index (χ0n) is 5.56. The van der Waals surface area contributed by atoms with Crippen LogP contribution in [-0.4, -0.2) is 41.1 Å². The van der Waals surface area contributed by atoms with Gasteiger partial charge in [0.2, 0.25) is 0 Å². The molecule has 1 heterocycles. The van der Waals surface area contributed by atoms with Gasteiger partial charge in [0, 0.05) is 0 Å². The Morgan fingerprint density at radius 2 is 2.55 bits per heavy atom. The number of imide groups is 1. The Morgan fingerprint density at radius 1 is 1.82 bits per heavy atom. The summed E-state index contributed by atoms with van der Waals surface area (Å²) in [6.07, 6.45) is -0.0537. The first-order valence-corrected chi connectivity index (χ1v) is 2.91. The first-order valence-electron chi connectivity index (χ1n) is 2.91. The smallest absolute Gasteiger partial charge is 0.417 e. The van der Waals surface area contributed by atoms with E-state index < -0.39 is 12.0 Å². The third-order valence-electron chi connectivity index (χ3n) is 1.20. The van der Waals surface area contributed by atoms with E-state index in [0.717, 1.165) is 4.90 Å². The Kier molecular flexibility index (Phi) is 1.98. The number of ether oxygens (including phenoxy) is 1. The Labute approximate surface area is 62.0 Å². The molecular weight excluding hydrogens is 150 g/mol. The van der Waals surface area contributed by atoms with Gasteiger partial charge in [-0.15, -0.1) is 0 Å². The summed E-state index contributed by atoms with van der Waals surface area (Å²) in [5.41, 5.74) is 7.95. The van der Waals surface area contributed by atoms with E-state index in [1.807, 2.05) is 0 Å². The van der Waals surface area contributed by atoms with Gasteiger partial charge in [0.25, 0.3) is 0 Å². The summed E-state index contributed by atoms with van der Waals surface area (Å²) in [5.74, 6) is -0.671. The second-order valence-corrected chi connectivity index (χ2v) is 1.85. The summed E-state index contributed by atoms with van der Waals surface area (Å²) in [6.45, 7) is 0.410. The van der Waals surface area contributed by atoms with Crippen LogP contribution in [0.1, 0.15) is 0 Å². The molecule has 1 fully saturated rings. The van der Waals surface area contributed by atoms with Gasteiger partial charge in [0.15, 0.2) is 0 Å². The lowest BCUT2D eigenvalue weighted by atomic mass is 10.5. The molecule has 0 bridgehead atoms. The molecule has 0 aromatic heterocycles. The molecule has 6 heteroatoms. The van der Waals surface area contributed by atoms with E-state index in [0.29, 0.717) is 6.21 Å². The summed E-state index contributed by atoms with van der Waals surface area (Å²) >= 11 is 0. The third-order valence-corrected chi connectivity index (χ3v) is 1.20. The molecular formula is C5H5N3O3. The number of rotatable bonds is 1. The van der Waals surface area contributed by atoms with Crippen LogP contribution in [0.15, 0.2) is 0 Å². The summed E-state index contributed by atoms with van der Waals surface area (Å²) in [7, 11) is 0. The molecule has 1 saturated heterocycles. The highest BCUT2D eigenvalue weighted by molar-refractivity contribution is 6.27. The quantitative estimate of drug-likeness (QED) is 0.284. The largest absolute Gasteiger partial charge is 0.447 e. The molecule has 0 aliphatic carbocycles. The zero-order valence-corrected chi connectivity index (χ0v) is 5.56. The van der Waals surface area contributed by atoms with Gasteiger partial charge in [-0.25, -0.2) is 9.69 Å². The monoisotopic (exact) mass is 155 g/mol. The van der Waals surface area contributed by atoms with Crippen molar-refractivity contribution in [3.05, 3.63) is 5.53 Å². The van der Waals surface area contributed by atoms with Crippen molar-refractivity contribution in [2.45, 2.75) is 0 Å².